The van der Waals surface area contributed by atoms with Gasteiger partial charge in [0, 0.05) is 11.5 Å². The van der Waals surface area contributed by atoms with Gasteiger partial charge in [0.05, 0.1) is 12.7 Å². The van der Waals surface area contributed by atoms with E-state index in [2.05, 4.69) is 10.0 Å². The fourth-order valence-corrected chi connectivity index (χ4v) is 0.698. The Balaban J connectivity index is 3.07. The molecule has 0 amide bonds. The molecule has 0 fully saturated rings. The zero-order chi connectivity index (χ0) is 8.53. The van der Waals surface area contributed by atoms with Gasteiger partial charge < -0.3 is 10.2 Å². The van der Waals surface area contributed by atoms with E-state index in [9.17, 15) is 0 Å². The van der Waals surface area contributed by atoms with Crippen molar-refractivity contribution in [1.29, 1.82) is 0 Å². The molecule has 0 aliphatic heterocycles. The van der Waals surface area contributed by atoms with Crippen molar-refractivity contribution in [3.63, 3.8) is 0 Å². The lowest BCUT2D eigenvalue weighted by molar-refractivity contribution is 0.0863. The maximum atomic E-state index is 8.86. The van der Waals surface area contributed by atoms with Gasteiger partial charge in [0.2, 0.25) is 0 Å². The van der Waals surface area contributed by atoms with E-state index in [4.69, 9.17) is 15.7 Å². The van der Waals surface area contributed by atoms with Crippen molar-refractivity contribution in [1.82, 2.24) is 0 Å². The molecular formula is C6H13N3O2. The molecular weight excluding hydrogens is 146 g/mol. The van der Waals surface area contributed by atoms with Gasteiger partial charge in [-0.2, -0.15) is 0 Å². The van der Waals surface area contributed by atoms with Crippen LogP contribution in [0.5, 0.6) is 0 Å². The number of rotatable bonds is 6. The second kappa shape index (κ2) is 7.34. The topological polar surface area (TPSA) is 89.2 Å². The number of nitrogens with zero attached hydrogens (tertiary/aromatic N) is 3. The van der Waals surface area contributed by atoms with Crippen molar-refractivity contribution in [3.8, 4) is 0 Å². The third kappa shape index (κ3) is 7.12. The Hall–Kier alpha value is -0.770. The lowest BCUT2D eigenvalue weighted by Crippen LogP contribution is -2.11. The van der Waals surface area contributed by atoms with Gasteiger partial charge in [-0.1, -0.05) is 11.5 Å². The summed E-state index contributed by atoms with van der Waals surface area (Å²) in [5.41, 5.74) is 7.89. The zero-order valence-electron chi connectivity index (χ0n) is 6.35. The van der Waals surface area contributed by atoms with Crippen LogP contribution in [-0.4, -0.2) is 29.5 Å². The minimum absolute atomic E-state index is 0.193. The first-order valence-corrected chi connectivity index (χ1v) is 3.61. The molecule has 0 saturated heterocycles. The summed E-state index contributed by atoms with van der Waals surface area (Å²) in [5.74, 6) is 0. The first kappa shape index (κ1) is 10.2. The summed E-state index contributed by atoms with van der Waals surface area (Å²) >= 11 is 0. The maximum absolute atomic E-state index is 8.86. The number of aliphatic hydroxyl groups is 2. The van der Waals surface area contributed by atoms with Crippen molar-refractivity contribution in [2.45, 2.75) is 25.4 Å². The highest BCUT2D eigenvalue weighted by Gasteiger charge is 1.99. The van der Waals surface area contributed by atoms with Crippen LogP contribution < -0.4 is 0 Å². The average molecular weight is 159 g/mol. The van der Waals surface area contributed by atoms with Gasteiger partial charge >= 0.3 is 0 Å². The van der Waals surface area contributed by atoms with E-state index in [0.717, 1.165) is 12.8 Å². The van der Waals surface area contributed by atoms with Gasteiger partial charge in [0.15, 0.2) is 0 Å². The van der Waals surface area contributed by atoms with Crippen LogP contribution in [0, 0.1) is 0 Å². The van der Waals surface area contributed by atoms with E-state index in [1.54, 1.807) is 0 Å². The van der Waals surface area contributed by atoms with Gasteiger partial charge in [-0.15, -0.1) is 0 Å². The molecule has 64 valence electrons. The van der Waals surface area contributed by atoms with Gasteiger partial charge in [0.1, 0.15) is 0 Å². The predicted molar refractivity (Wildman–Crippen MR) is 41.0 cm³/mol. The Morgan fingerprint density at radius 3 is 2.73 bits per heavy atom. The molecule has 0 aromatic heterocycles. The van der Waals surface area contributed by atoms with Crippen LogP contribution in [0.3, 0.4) is 0 Å². The summed E-state index contributed by atoms with van der Waals surface area (Å²) in [7, 11) is 0. The van der Waals surface area contributed by atoms with Crippen molar-refractivity contribution in [2.75, 3.05) is 13.2 Å². The van der Waals surface area contributed by atoms with Crippen molar-refractivity contribution in [2.24, 2.45) is 5.11 Å². The Labute approximate surface area is 65.3 Å². The van der Waals surface area contributed by atoms with Gasteiger partial charge in [0.25, 0.3) is 0 Å². The lowest BCUT2D eigenvalue weighted by Gasteiger charge is -2.04. The fourth-order valence-electron chi connectivity index (χ4n) is 0.698. The number of azide groups is 1. The smallest absolute Gasteiger partial charge is 0.0770 e. The molecule has 0 bridgehead atoms. The second-order valence-corrected chi connectivity index (χ2v) is 2.29. The number of hydrogen-bond donors (Lipinski definition) is 2. The van der Waals surface area contributed by atoms with Crippen LogP contribution in [0.2, 0.25) is 0 Å². The molecule has 0 saturated carbocycles. The molecule has 0 aromatic rings. The second-order valence-electron chi connectivity index (χ2n) is 2.29. The molecule has 0 unspecified atom stereocenters. The maximum Gasteiger partial charge on any atom is 0.0770 e. The average Bonchev–Trinajstić information content (AvgIpc) is 2.04. The zero-order valence-corrected chi connectivity index (χ0v) is 6.35. The van der Waals surface area contributed by atoms with Crippen LogP contribution in [0.4, 0.5) is 0 Å². The van der Waals surface area contributed by atoms with Crippen LogP contribution in [0.1, 0.15) is 19.3 Å². The first-order valence-electron chi connectivity index (χ1n) is 3.61. The molecule has 0 aliphatic rings. The minimum Gasteiger partial charge on any atom is -0.394 e. The summed E-state index contributed by atoms with van der Waals surface area (Å²) in [4.78, 5) is 2.59. The van der Waals surface area contributed by atoms with Crippen LogP contribution in [0.15, 0.2) is 5.11 Å². The molecule has 2 N–H and O–H groups in total. The van der Waals surface area contributed by atoms with Crippen molar-refractivity contribution in [3.05, 3.63) is 10.4 Å². The molecule has 0 aromatic carbocycles. The van der Waals surface area contributed by atoms with E-state index < -0.39 is 6.10 Å². The Morgan fingerprint density at radius 2 is 2.18 bits per heavy atom. The molecule has 1 atom stereocenters. The normalized spacial score (nSPS) is 12.2. The van der Waals surface area contributed by atoms with E-state index in [1.807, 2.05) is 0 Å². The summed E-state index contributed by atoms with van der Waals surface area (Å²) in [6.45, 7) is 0.274. The monoisotopic (exact) mass is 159 g/mol. The minimum atomic E-state index is -0.624. The first-order chi connectivity index (χ1) is 5.31. The highest BCUT2D eigenvalue weighted by Crippen LogP contribution is 1.99. The SMILES string of the molecule is [N-]=[N+]=NCCCC[C@H](O)CO. The number of aliphatic hydroxyl groups excluding tert-OH is 2. The third-order valence-corrected chi connectivity index (χ3v) is 1.32. The molecule has 0 radical (unpaired) electrons. The molecule has 0 aliphatic carbocycles. The van der Waals surface area contributed by atoms with E-state index in [-0.39, 0.29) is 6.61 Å². The third-order valence-electron chi connectivity index (χ3n) is 1.32. The molecule has 0 heterocycles. The molecule has 5 nitrogen and oxygen atoms in total. The van der Waals surface area contributed by atoms with Gasteiger partial charge in [-0.3, -0.25) is 0 Å². The fraction of sp³-hybridized carbons (Fsp3) is 1.00. The van der Waals surface area contributed by atoms with E-state index >= 15 is 0 Å². The van der Waals surface area contributed by atoms with Crippen LogP contribution in [-0.2, 0) is 0 Å². The van der Waals surface area contributed by atoms with Crippen molar-refractivity contribution < 1.29 is 10.2 Å². The lowest BCUT2D eigenvalue weighted by atomic mass is 10.2. The molecule has 11 heavy (non-hydrogen) atoms. The van der Waals surface area contributed by atoms with Crippen molar-refractivity contribution >= 4 is 0 Å². The Kier molecular flexibility index (Phi) is 6.82. The molecule has 0 spiro atoms. The van der Waals surface area contributed by atoms with E-state index in [0.29, 0.717) is 13.0 Å². The molecule has 0 rings (SSSR count). The highest BCUT2D eigenvalue weighted by molar-refractivity contribution is 4.54. The summed E-state index contributed by atoms with van der Waals surface area (Å²) in [6.07, 6.45) is 1.49. The van der Waals surface area contributed by atoms with Crippen LogP contribution in [0.25, 0.3) is 10.4 Å². The Bertz CT molecular complexity index is 134. The predicted octanol–water partition coefficient (Wildman–Crippen LogP) is 0.820. The quantitative estimate of drug-likeness (QED) is 0.260. The van der Waals surface area contributed by atoms with Crippen LogP contribution >= 0.6 is 0 Å². The summed E-state index contributed by atoms with van der Waals surface area (Å²) in [5, 5.41) is 20.6. The summed E-state index contributed by atoms with van der Waals surface area (Å²) in [6, 6.07) is 0. The number of unbranched alkanes of at least 4 members (excludes halogenated alkanes) is 1. The van der Waals surface area contributed by atoms with Gasteiger partial charge in [-0.25, -0.2) is 0 Å². The largest absolute Gasteiger partial charge is 0.394 e. The Morgan fingerprint density at radius 1 is 1.45 bits per heavy atom. The summed E-state index contributed by atoms with van der Waals surface area (Å²) < 4.78 is 0. The molecule has 5 heteroatoms. The highest BCUT2D eigenvalue weighted by atomic mass is 16.3. The number of hydrogen-bond acceptors (Lipinski definition) is 3. The standard InChI is InChI=1S/C6H13N3O2/c7-9-8-4-2-1-3-6(11)5-10/h6,10-11H,1-5H2/t6-/m0/s1. The van der Waals surface area contributed by atoms with Gasteiger partial charge in [-0.05, 0) is 18.4 Å². The van der Waals surface area contributed by atoms with E-state index in [1.165, 1.54) is 0 Å².